The van der Waals surface area contributed by atoms with Crippen LogP contribution in [0.15, 0.2) is 30.5 Å². The first-order valence-corrected chi connectivity index (χ1v) is 11.9. The van der Waals surface area contributed by atoms with Crippen molar-refractivity contribution in [3.05, 3.63) is 47.5 Å². The molecular formula is C25H34N4O3. The average molecular weight is 439 g/mol. The molecule has 2 amide bonds. The summed E-state index contributed by atoms with van der Waals surface area (Å²) in [5.41, 5.74) is 1.80. The van der Waals surface area contributed by atoms with E-state index in [1.807, 2.05) is 29.2 Å². The fraction of sp³-hybridized carbons (Fsp3) is 0.560. The number of piperidine rings is 1. The second-order valence-corrected chi connectivity index (χ2v) is 8.79. The van der Waals surface area contributed by atoms with Gasteiger partial charge < -0.3 is 19.5 Å². The Morgan fingerprint density at radius 2 is 2.09 bits per heavy atom. The number of carbonyl (C=O) groups is 2. The van der Waals surface area contributed by atoms with Gasteiger partial charge in [0, 0.05) is 37.7 Å². The molecule has 7 nitrogen and oxygen atoms in total. The van der Waals surface area contributed by atoms with Crippen LogP contribution in [0.25, 0.3) is 0 Å². The molecule has 1 N–H and O–H groups in total. The van der Waals surface area contributed by atoms with E-state index < -0.39 is 0 Å². The number of fused-ring (bicyclic) bond motifs is 1. The maximum absolute atomic E-state index is 13.4. The summed E-state index contributed by atoms with van der Waals surface area (Å²) in [6.07, 6.45) is 8.25. The lowest BCUT2D eigenvalue weighted by molar-refractivity contribution is -0.143. The minimum atomic E-state index is -0.325. The third kappa shape index (κ3) is 4.66. The van der Waals surface area contributed by atoms with Crippen LogP contribution in [-0.4, -0.2) is 39.9 Å². The largest absolute Gasteiger partial charge is 0.496 e. The number of nitrogens with one attached hydrogen (secondary N) is 1. The summed E-state index contributed by atoms with van der Waals surface area (Å²) in [6.45, 7) is 4.18. The molecule has 2 aliphatic rings. The van der Waals surface area contributed by atoms with Crippen LogP contribution in [0.5, 0.6) is 5.75 Å². The normalized spacial score (nSPS) is 20.7. The number of aryl methyl sites for hydroxylation is 2. The Bertz CT molecular complexity index is 931. The van der Waals surface area contributed by atoms with Crippen molar-refractivity contribution in [2.75, 3.05) is 13.7 Å². The molecule has 2 aliphatic heterocycles. The topological polar surface area (TPSA) is 76.5 Å². The summed E-state index contributed by atoms with van der Waals surface area (Å²) in [6, 6.07) is 7.41. The van der Waals surface area contributed by atoms with Gasteiger partial charge in [-0.15, -0.1) is 0 Å². The fourth-order valence-corrected chi connectivity index (χ4v) is 4.98. The van der Waals surface area contributed by atoms with Crippen molar-refractivity contribution in [2.24, 2.45) is 5.92 Å². The monoisotopic (exact) mass is 438 g/mol. The summed E-state index contributed by atoms with van der Waals surface area (Å²) in [7, 11) is 1.63. The molecule has 0 radical (unpaired) electrons. The number of benzene rings is 1. The molecule has 7 heteroatoms. The average Bonchev–Trinajstić information content (AvgIpc) is 3.24. The van der Waals surface area contributed by atoms with Gasteiger partial charge in [-0.05, 0) is 31.7 Å². The predicted octanol–water partition coefficient (Wildman–Crippen LogP) is 3.62. The summed E-state index contributed by atoms with van der Waals surface area (Å²) >= 11 is 0. The van der Waals surface area contributed by atoms with E-state index >= 15 is 0 Å². The molecule has 172 valence electrons. The van der Waals surface area contributed by atoms with Gasteiger partial charge in [0.2, 0.25) is 11.8 Å². The minimum Gasteiger partial charge on any atom is -0.496 e. The van der Waals surface area contributed by atoms with Gasteiger partial charge >= 0.3 is 0 Å². The highest BCUT2D eigenvalue weighted by Crippen LogP contribution is 2.40. The number of para-hydroxylation sites is 1. The molecule has 4 rings (SSSR count). The second-order valence-electron chi connectivity index (χ2n) is 8.79. The van der Waals surface area contributed by atoms with Crippen LogP contribution < -0.4 is 10.1 Å². The van der Waals surface area contributed by atoms with Crippen LogP contribution in [0.2, 0.25) is 0 Å². The summed E-state index contributed by atoms with van der Waals surface area (Å²) in [4.78, 5) is 32.9. The number of ether oxygens (including phenoxy) is 1. The van der Waals surface area contributed by atoms with E-state index in [0.717, 1.165) is 42.9 Å². The van der Waals surface area contributed by atoms with Crippen molar-refractivity contribution in [2.45, 2.75) is 71.0 Å². The molecule has 0 aliphatic carbocycles. The SMILES string of the molecule is CCCCN1C(=O)CCC(C(=O)NCc2cn3c(n2)CCCC3)C1c1ccccc1OC. The molecular weight excluding hydrogens is 404 g/mol. The van der Waals surface area contributed by atoms with Gasteiger partial charge in [-0.1, -0.05) is 31.5 Å². The van der Waals surface area contributed by atoms with E-state index in [1.54, 1.807) is 7.11 Å². The number of likely N-dealkylation sites (tertiary alicyclic amines) is 1. The van der Waals surface area contributed by atoms with E-state index in [4.69, 9.17) is 9.72 Å². The lowest BCUT2D eigenvalue weighted by atomic mass is 9.83. The van der Waals surface area contributed by atoms with E-state index in [1.165, 1.54) is 12.8 Å². The molecule has 0 spiro atoms. The lowest BCUT2D eigenvalue weighted by Gasteiger charge is -2.41. The molecule has 1 saturated heterocycles. The van der Waals surface area contributed by atoms with E-state index in [-0.39, 0.29) is 23.8 Å². The van der Waals surface area contributed by atoms with E-state index in [0.29, 0.717) is 31.7 Å². The van der Waals surface area contributed by atoms with Crippen molar-refractivity contribution in [3.63, 3.8) is 0 Å². The first kappa shape index (κ1) is 22.4. The van der Waals surface area contributed by atoms with Crippen LogP contribution in [0.4, 0.5) is 0 Å². The Kier molecular flexibility index (Phi) is 7.12. The number of methoxy groups -OCH3 is 1. The van der Waals surface area contributed by atoms with E-state index in [9.17, 15) is 9.59 Å². The molecule has 1 fully saturated rings. The highest BCUT2D eigenvalue weighted by Gasteiger charge is 2.41. The molecule has 2 atom stereocenters. The molecule has 2 unspecified atom stereocenters. The third-order valence-corrected chi connectivity index (χ3v) is 6.66. The number of hydrogen-bond acceptors (Lipinski definition) is 4. The second kappa shape index (κ2) is 10.2. The van der Waals surface area contributed by atoms with Crippen LogP contribution in [-0.2, 0) is 29.1 Å². The number of imidazole rings is 1. The number of hydrogen-bond donors (Lipinski definition) is 1. The van der Waals surface area contributed by atoms with Crippen molar-refractivity contribution in [3.8, 4) is 5.75 Å². The molecule has 32 heavy (non-hydrogen) atoms. The minimum absolute atomic E-state index is 0.0270. The van der Waals surface area contributed by atoms with Gasteiger partial charge in [-0.2, -0.15) is 0 Å². The maximum atomic E-state index is 13.4. The fourth-order valence-electron chi connectivity index (χ4n) is 4.98. The Labute approximate surface area is 190 Å². The Balaban J connectivity index is 1.55. The molecule has 3 heterocycles. The molecule has 1 aromatic heterocycles. The number of nitrogens with zero attached hydrogens (tertiary/aromatic N) is 3. The highest BCUT2D eigenvalue weighted by molar-refractivity contribution is 5.85. The first-order valence-electron chi connectivity index (χ1n) is 11.9. The lowest BCUT2D eigenvalue weighted by Crippen LogP contribution is -2.48. The summed E-state index contributed by atoms with van der Waals surface area (Å²) in [5, 5.41) is 3.11. The van der Waals surface area contributed by atoms with Gasteiger partial charge in [0.05, 0.1) is 31.3 Å². The molecule has 2 aromatic rings. The van der Waals surface area contributed by atoms with Crippen LogP contribution in [0, 0.1) is 5.92 Å². The zero-order valence-corrected chi connectivity index (χ0v) is 19.2. The number of rotatable bonds is 8. The Morgan fingerprint density at radius 1 is 1.25 bits per heavy atom. The van der Waals surface area contributed by atoms with Crippen LogP contribution >= 0.6 is 0 Å². The molecule has 0 bridgehead atoms. The van der Waals surface area contributed by atoms with Crippen molar-refractivity contribution < 1.29 is 14.3 Å². The third-order valence-electron chi connectivity index (χ3n) is 6.66. The molecule has 1 aromatic carbocycles. The Hall–Kier alpha value is -2.83. The number of unbranched alkanes of at least 4 members (excludes halogenated alkanes) is 1. The zero-order chi connectivity index (χ0) is 22.5. The Morgan fingerprint density at radius 3 is 2.88 bits per heavy atom. The standard InChI is InChI=1S/C25H34N4O3/c1-3-4-15-29-23(30)13-12-20(24(29)19-9-5-6-10-21(19)32-2)25(31)26-16-18-17-28-14-8-7-11-22(28)27-18/h5-6,9-10,17,20,24H,3-4,7-8,11-16H2,1-2H3,(H,26,31). The van der Waals surface area contributed by atoms with Crippen LogP contribution in [0.1, 0.15) is 68.6 Å². The predicted molar refractivity (Wildman–Crippen MR) is 122 cm³/mol. The van der Waals surface area contributed by atoms with Crippen molar-refractivity contribution in [1.29, 1.82) is 0 Å². The van der Waals surface area contributed by atoms with Gasteiger partial charge in [-0.25, -0.2) is 4.98 Å². The van der Waals surface area contributed by atoms with Gasteiger partial charge in [0.15, 0.2) is 0 Å². The van der Waals surface area contributed by atoms with Crippen molar-refractivity contribution >= 4 is 11.8 Å². The van der Waals surface area contributed by atoms with Gasteiger partial charge in [0.1, 0.15) is 11.6 Å². The smallest absolute Gasteiger partial charge is 0.225 e. The van der Waals surface area contributed by atoms with Gasteiger partial charge in [0.25, 0.3) is 0 Å². The summed E-state index contributed by atoms with van der Waals surface area (Å²) < 4.78 is 7.81. The first-order chi connectivity index (χ1) is 15.6. The van der Waals surface area contributed by atoms with E-state index in [2.05, 4.69) is 23.0 Å². The number of amides is 2. The molecule has 0 saturated carbocycles. The maximum Gasteiger partial charge on any atom is 0.225 e. The highest BCUT2D eigenvalue weighted by atomic mass is 16.5. The van der Waals surface area contributed by atoms with Crippen LogP contribution in [0.3, 0.4) is 0 Å². The number of aromatic nitrogens is 2. The number of carbonyl (C=O) groups excluding carboxylic acids is 2. The van der Waals surface area contributed by atoms with Crippen molar-refractivity contribution in [1.82, 2.24) is 19.8 Å². The quantitative estimate of drug-likeness (QED) is 0.683. The van der Waals surface area contributed by atoms with Gasteiger partial charge in [-0.3, -0.25) is 9.59 Å². The zero-order valence-electron chi connectivity index (χ0n) is 19.2. The summed E-state index contributed by atoms with van der Waals surface area (Å²) in [5.74, 6) is 1.59.